The van der Waals surface area contributed by atoms with Crippen LogP contribution in [0, 0.1) is 0 Å². The van der Waals surface area contributed by atoms with Gasteiger partial charge in [-0.15, -0.1) is 0 Å². The topological polar surface area (TPSA) is 69.9 Å². The number of amides is 2. The maximum Gasteiger partial charge on any atom is 0.222 e. The predicted molar refractivity (Wildman–Crippen MR) is 289 cm³/mol. The summed E-state index contributed by atoms with van der Waals surface area (Å²) < 4.78 is 0. The highest BCUT2D eigenvalue weighted by Crippen LogP contribution is 2.17. The second-order valence-corrected chi connectivity index (χ2v) is 20.7. The fourth-order valence-electron chi connectivity index (χ4n) is 9.72. The molecule has 0 radical (unpaired) electrons. The van der Waals surface area contributed by atoms with Crippen molar-refractivity contribution in [3.8, 4) is 0 Å². The van der Waals surface area contributed by atoms with E-state index in [-0.39, 0.29) is 0 Å². The van der Waals surface area contributed by atoms with Crippen LogP contribution < -0.4 is 5.73 Å². The number of nitrogens with two attached hydrogens (primary N) is 1. The predicted octanol–water partition coefficient (Wildman–Crippen LogP) is 17.5. The first-order valence-electron chi connectivity index (χ1n) is 30.0. The smallest absolute Gasteiger partial charge is 0.222 e. The van der Waals surface area contributed by atoms with Crippen molar-refractivity contribution < 1.29 is 9.59 Å². The summed E-state index contributed by atoms with van der Waals surface area (Å²) in [5, 5.41) is 0. The van der Waals surface area contributed by atoms with Gasteiger partial charge in [0.2, 0.25) is 11.8 Å². The maximum absolute atomic E-state index is 13.4. The summed E-state index contributed by atoms with van der Waals surface area (Å²) in [6.07, 6.45) is 56.9. The molecule has 0 saturated carbocycles. The fourth-order valence-corrected chi connectivity index (χ4v) is 9.72. The van der Waals surface area contributed by atoms with Crippen LogP contribution >= 0.6 is 0 Å². The summed E-state index contributed by atoms with van der Waals surface area (Å²) in [5.41, 5.74) is 5.94. The molecule has 0 aromatic heterocycles. The number of carbonyl (C=O) groups excluding carboxylic acids is 2. The molecule has 0 aliphatic heterocycles. The van der Waals surface area contributed by atoms with Gasteiger partial charge >= 0.3 is 0 Å². The van der Waals surface area contributed by atoms with Gasteiger partial charge in [-0.2, -0.15) is 0 Å². The molecule has 65 heavy (non-hydrogen) atoms. The lowest BCUT2D eigenvalue weighted by molar-refractivity contribution is -0.132. The molecule has 0 bridgehead atoms. The summed E-state index contributed by atoms with van der Waals surface area (Å²) >= 11 is 0. The van der Waals surface area contributed by atoms with Gasteiger partial charge in [-0.3, -0.25) is 9.59 Å². The number of carbonyl (C=O) groups is 2. The molecule has 0 spiro atoms. The second-order valence-electron chi connectivity index (χ2n) is 20.7. The van der Waals surface area contributed by atoms with Crippen molar-refractivity contribution in [2.24, 2.45) is 5.73 Å². The molecule has 2 N–H and O–H groups in total. The minimum absolute atomic E-state index is 0.417. The van der Waals surface area contributed by atoms with E-state index in [1.807, 2.05) is 0 Å². The van der Waals surface area contributed by atoms with E-state index >= 15 is 0 Å². The summed E-state index contributed by atoms with van der Waals surface area (Å²) in [6.45, 7) is 17.3. The van der Waals surface area contributed by atoms with E-state index in [2.05, 4.69) is 42.4 Å². The zero-order chi connectivity index (χ0) is 47.4. The highest BCUT2D eigenvalue weighted by Gasteiger charge is 2.14. The van der Waals surface area contributed by atoms with Crippen molar-refractivity contribution in [1.29, 1.82) is 0 Å². The van der Waals surface area contributed by atoms with Gasteiger partial charge in [0.1, 0.15) is 0 Å². The average Bonchev–Trinajstić information content (AvgIpc) is 3.31. The number of nitrogens with zero attached hydrogens (tertiary/aromatic N) is 3. The summed E-state index contributed by atoms with van der Waals surface area (Å²) in [5.74, 6) is 0.834. The Morgan fingerprint density at radius 1 is 0.262 bits per heavy atom. The third kappa shape index (κ3) is 46.4. The molecular weight excluding hydrogens is 797 g/mol. The summed E-state index contributed by atoms with van der Waals surface area (Å²) in [7, 11) is 0. The van der Waals surface area contributed by atoms with Gasteiger partial charge in [0.25, 0.3) is 0 Å². The van der Waals surface area contributed by atoms with Crippen molar-refractivity contribution >= 4 is 11.8 Å². The normalized spacial score (nSPS) is 11.6. The molecule has 0 aromatic rings. The van der Waals surface area contributed by atoms with Gasteiger partial charge in [-0.1, -0.05) is 246 Å². The van der Waals surface area contributed by atoms with E-state index in [1.165, 1.54) is 270 Å². The molecule has 0 atom stereocenters. The van der Waals surface area contributed by atoms with E-state index in [1.54, 1.807) is 0 Å². The minimum Gasteiger partial charge on any atom is -0.343 e. The Labute approximate surface area is 409 Å². The average molecular weight is 918 g/mol. The molecule has 6 heteroatoms. The first-order valence-corrected chi connectivity index (χ1v) is 30.0. The molecule has 0 heterocycles. The molecule has 2 amide bonds. The van der Waals surface area contributed by atoms with Crippen LogP contribution in [-0.2, 0) is 9.59 Å². The highest BCUT2D eigenvalue weighted by atomic mass is 16.2. The molecular formula is C59H120N4O2. The lowest BCUT2D eigenvalue weighted by Gasteiger charge is -2.23. The van der Waals surface area contributed by atoms with Crippen LogP contribution in [0.1, 0.15) is 317 Å². The molecule has 0 aromatic carbocycles. The number of hydrogen-bond donors (Lipinski definition) is 1. The third-order valence-electron chi connectivity index (χ3n) is 14.2. The molecule has 0 fully saturated rings. The van der Waals surface area contributed by atoms with Crippen molar-refractivity contribution in [1.82, 2.24) is 14.7 Å². The molecule has 0 aliphatic carbocycles. The molecule has 388 valence electrons. The lowest BCUT2D eigenvalue weighted by atomic mass is 10.1. The molecule has 0 unspecified atom stereocenters. The van der Waals surface area contributed by atoms with Crippen LogP contribution in [0.5, 0.6) is 0 Å². The van der Waals surface area contributed by atoms with Crippen LogP contribution in [0.25, 0.3) is 0 Å². The first-order chi connectivity index (χ1) is 32.0. The maximum atomic E-state index is 13.4. The Bertz CT molecular complexity index is 835. The van der Waals surface area contributed by atoms with E-state index in [0.29, 0.717) is 11.8 Å². The monoisotopic (exact) mass is 917 g/mol. The fraction of sp³-hybridized carbons (Fsp3) is 0.966. The Kier molecular flexibility index (Phi) is 52.9. The Balaban J connectivity index is 4.48. The summed E-state index contributed by atoms with van der Waals surface area (Å²) in [6, 6.07) is 0. The van der Waals surface area contributed by atoms with Crippen LogP contribution in [0.4, 0.5) is 0 Å². The lowest BCUT2D eigenvalue weighted by Crippen LogP contribution is -2.32. The SMILES string of the molecule is CCCCCCCCCCN(CCCCCCCCCC)C(=O)CCCCCCCN(CCCN)CCCCCCCC(=O)N(CCCCCCCCCC)CCCCCCCCCC. The zero-order valence-electron chi connectivity index (χ0n) is 45.2. The standard InChI is InChI=1S/C59H120N4O2/c1-5-9-13-17-21-25-35-43-54-62(55-44-36-26-22-18-14-10-6-2)58(64)48-39-31-29-33-41-51-61(53-47-50-60)52-42-34-30-32-40-49-59(65)63(56-45-37-27-23-19-15-11-7-3)57-46-38-28-24-20-16-12-8-4/h5-57,60H2,1-4H3. The zero-order valence-corrected chi connectivity index (χ0v) is 45.2. The Morgan fingerprint density at radius 3 is 0.708 bits per heavy atom. The van der Waals surface area contributed by atoms with Gasteiger partial charge in [-0.25, -0.2) is 0 Å². The van der Waals surface area contributed by atoms with Gasteiger partial charge in [0.15, 0.2) is 0 Å². The van der Waals surface area contributed by atoms with Gasteiger partial charge in [0, 0.05) is 39.0 Å². The van der Waals surface area contributed by atoms with E-state index in [0.717, 1.165) is 71.4 Å². The minimum atomic E-state index is 0.417. The molecule has 6 nitrogen and oxygen atoms in total. The van der Waals surface area contributed by atoms with E-state index in [9.17, 15) is 9.59 Å². The van der Waals surface area contributed by atoms with Gasteiger partial charge in [0.05, 0.1) is 0 Å². The van der Waals surface area contributed by atoms with Crippen molar-refractivity contribution in [2.45, 2.75) is 317 Å². The van der Waals surface area contributed by atoms with Crippen molar-refractivity contribution in [3.05, 3.63) is 0 Å². The molecule has 0 rings (SSSR count). The number of rotatable bonds is 55. The van der Waals surface area contributed by atoms with Crippen molar-refractivity contribution in [2.75, 3.05) is 52.4 Å². The molecule has 0 aliphatic rings. The van der Waals surface area contributed by atoms with Crippen molar-refractivity contribution in [3.63, 3.8) is 0 Å². The molecule has 0 saturated heterocycles. The number of unbranched alkanes of at least 4 members (excludes halogenated alkanes) is 36. The Hall–Kier alpha value is -1.14. The van der Waals surface area contributed by atoms with Crippen LogP contribution in [0.15, 0.2) is 0 Å². The van der Waals surface area contributed by atoms with Gasteiger partial charge < -0.3 is 20.4 Å². The van der Waals surface area contributed by atoms with Crippen LogP contribution in [0.2, 0.25) is 0 Å². The van der Waals surface area contributed by atoms with E-state index in [4.69, 9.17) is 5.73 Å². The number of hydrogen-bond acceptors (Lipinski definition) is 4. The highest BCUT2D eigenvalue weighted by molar-refractivity contribution is 5.76. The largest absolute Gasteiger partial charge is 0.343 e. The van der Waals surface area contributed by atoms with Gasteiger partial charge in [-0.05, 0) is 84.0 Å². The summed E-state index contributed by atoms with van der Waals surface area (Å²) in [4.78, 5) is 33.9. The van der Waals surface area contributed by atoms with Crippen LogP contribution in [-0.4, -0.2) is 78.9 Å². The first kappa shape index (κ1) is 63.9. The van der Waals surface area contributed by atoms with E-state index < -0.39 is 0 Å². The third-order valence-corrected chi connectivity index (χ3v) is 14.2. The quantitative estimate of drug-likeness (QED) is 0.0617. The second kappa shape index (κ2) is 53.8. The Morgan fingerprint density at radius 2 is 0.462 bits per heavy atom. The van der Waals surface area contributed by atoms with Crippen LogP contribution in [0.3, 0.4) is 0 Å².